The van der Waals surface area contributed by atoms with Crippen LogP contribution < -0.4 is 4.74 Å². The molecule has 2 rings (SSSR count). The minimum absolute atomic E-state index is 0.379. The second kappa shape index (κ2) is 6.52. The average molecular weight is 398 g/mol. The lowest BCUT2D eigenvalue weighted by Crippen LogP contribution is -1.97. The summed E-state index contributed by atoms with van der Waals surface area (Å²) in [5, 5.41) is 0.192. The highest BCUT2D eigenvalue weighted by molar-refractivity contribution is 9.10. The maximum absolute atomic E-state index is 13.4. The molecule has 0 fully saturated rings. The van der Waals surface area contributed by atoms with Gasteiger partial charge in [0.1, 0.15) is 11.6 Å². The molecular formula is C14H9BrCl3FO. The van der Waals surface area contributed by atoms with Gasteiger partial charge in [-0.05, 0) is 35.4 Å². The van der Waals surface area contributed by atoms with E-state index in [-0.39, 0.29) is 5.82 Å². The Bertz CT molecular complexity index is 628. The van der Waals surface area contributed by atoms with Gasteiger partial charge in [0.05, 0.1) is 17.5 Å². The van der Waals surface area contributed by atoms with E-state index in [4.69, 9.17) is 39.5 Å². The number of hydrogen-bond acceptors (Lipinski definition) is 1. The molecule has 0 amide bonds. The molecule has 1 nitrogen and oxygen atoms in total. The summed E-state index contributed by atoms with van der Waals surface area (Å²) >= 11 is 21.9. The lowest BCUT2D eigenvalue weighted by atomic mass is 10.0. The Labute approximate surface area is 139 Å². The minimum atomic E-state index is -0.613. The number of methoxy groups -OCH3 is 1. The smallest absolute Gasteiger partial charge is 0.138 e. The molecule has 0 aliphatic heterocycles. The van der Waals surface area contributed by atoms with E-state index in [1.165, 1.54) is 19.2 Å². The molecular weight excluding hydrogens is 389 g/mol. The molecule has 0 saturated heterocycles. The Kier molecular flexibility index (Phi) is 5.19. The summed E-state index contributed by atoms with van der Waals surface area (Å²) < 4.78 is 19.1. The summed E-state index contributed by atoms with van der Waals surface area (Å²) in [5.41, 5.74) is 1.18. The summed E-state index contributed by atoms with van der Waals surface area (Å²) in [6.45, 7) is 0. The van der Waals surface area contributed by atoms with Crippen molar-refractivity contribution in [2.45, 2.75) is 5.38 Å². The Hall–Kier alpha value is -0.480. The zero-order valence-corrected chi connectivity index (χ0v) is 14.1. The molecule has 2 aromatic rings. The highest BCUT2D eigenvalue weighted by atomic mass is 79.9. The fourth-order valence-corrected chi connectivity index (χ4v) is 3.15. The lowest BCUT2D eigenvalue weighted by Gasteiger charge is -2.15. The lowest BCUT2D eigenvalue weighted by molar-refractivity contribution is 0.415. The van der Waals surface area contributed by atoms with Gasteiger partial charge < -0.3 is 4.74 Å². The van der Waals surface area contributed by atoms with E-state index in [1.54, 1.807) is 18.2 Å². The third-order valence-electron chi connectivity index (χ3n) is 2.72. The highest BCUT2D eigenvalue weighted by Gasteiger charge is 2.18. The van der Waals surface area contributed by atoms with Crippen molar-refractivity contribution in [3.63, 3.8) is 0 Å². The topological polar surface area (TPSA) is 9.23 Å². The molecule has 0 bridgehead atoms. The van der Waals surface area contributed by atoms with Gasteiger partial charge in [0.25, 0.3) is 0 Å². The first-order chi connectivity index (χ1) is 9.42. The molecule has 1 unspecified atom stereocenters. The van der Waals surface area contributed by atoms with Crippen molar-refractivity contribution in [1.29, 1.82) is 0 Å². The summed E-state index contributed by atoms with van der Waals surface area (Å²) in [6, 6.07) is 7.66. The maximum Gasteiger partial charge on any atom is 0.138 e. The molecule has 0 aliphatic carbocycles. The van der Waals surface area contributed by atoms with E-state index in [9.17, 15) is 4.39 Å². The van der Waals surface area contributed by atoms with Gasteiger partial charge in [0.15, 0.2) is 0 Å². The molecule has 0 N–H and O–H groups in total. The fourth-order valence-electron chi connectivity index (χ4n) is 1.80. The second-order valence-corrected chi connectivity index (χ2v) is 6.24. The van der Waals surface area contributed by atoms with Gasteiger partial charge in [-0.3, -0.25) is 0 Å². The van der Waals surface area contributed by atoms with Crippen molar-refractivity contribution < 1.29 is 9.13 Å². The van der Waals surface area contributed by atoms with Gasteiger partial charge >= 0.3 is 0 Å². The zero-order chi connectivity index (χ0) is 14.9. The number of ether oxygens (including phenoxy) is 1. The van der Waals surface area contributed by atoms with Crippen LogP contribution in [-0.4, -0.2) is 7.11 Å². The van der Waals surface area contributed by atoms with E-state index < -0.39 is 5.38 Å². The van der Waals surface area contributed by atoms with Crippen LogP contribution >= 0.6 is 50.7 Å². The molecule has 0 saturated carbocycles. The maximum atomic E-state index is 13.4. The summed E-state index contributed by atoms with van der Waals surface area (Å²) in [4.78, 5) is 0. The van der Waals surface area contributed by atoms with Crippen LogP contribution in [0.15, 0.2) is 34.8 Å². The van der Waals surface area contributed by atoms with Gasteiger partial charge in [-0.15, -0.1) is 11.6 Å². The largest absolute Gasteiger partial charge is 0.495 e. The predicted octanol–water partition coefficient (Wildman–Crippen LogP) is 6.23. The Morgan fingerprint density at radius 3 is 2.40 bits per heavy atom. The van der Waals surface area contributed by atoms with Crippen molar-refractivity contribution in [2.75, 3.05) is 7.11 Å². The number of benzene rings is 2. The zero-order valence-electron chi connectivity index (χ0n) is 10.3. The molecule has 6 heteroatoms. The molecule has 106 valence electrons. The summed E-state index contributed by atoms with van der Waals surface area (Å²) in [5.74, 6) is 0.0838. The monoisotopic (exact) mass is 396 g/mol. The van der Waals surface area contributed by atoms with E-state index in [0.29, 0.717) is 31.4 Å². The van der Waals surface area contributed by atoms with Gasteiger partial charge in [-0.1, -0.05) is 39.1 Å². The van der Waals surface area contributed by atoms with Crippen LogP contribution in [0.3, 0.4) is 0 Å². The van der Waals surface area contributed by atoms with Crippen LogP contribution in [0, 0.1) is 5.82 Å². The average Bonchev–Trinajstić information content (AvgIpc) is 2.39. The molecule has 20 heavy (non-hydrogen) atoms. The van der Waals surface area contributed by atoms with Crippen molar-refractivity contribution in [2.24, 2.45) is 0 Å². The fraction of sp³-hybridized carbons (Fsp3) is 0.143. The van der Waals surface area contributed by atoms with Gasteiger partial charge in [-0.2, -0.15) is 0 Å². The Balaban J connectivity index is 2.47. The Morgan fingerprint density at radius 1 is 1.10 bits per heavy atom. The molecule has 0 heterocycles. The summed E-state index contributed by atoms with van der Waals surface area (Å²) in [6.07, 6.45) is 0. The SMILES string of the molecule is COc1cc(Cl)c(C(Cl)c2cc(F)cc(Br)c2)cc1Cl. The van der Waals surface area contributed by atoms with Crippen molar-refractivity contribution in [3.8, 4) is 5.75 Å². The van der Waals surface area contributed by atoms with Crippen LogP contribution in [0.1, 0.15) is 16.5 Å². The molecule has 0 aromatic heterocycles. The van der Waals surface area contributed by atoms with Gasteiger partial charge in [-0.25, -0.2) is 4.39 Å². The Morgan fingerprint density at radius 2 is 1.80 bits per heavy atom. The van der Waals surface area contributed by atoms with Gasteiger partial charge in [0, 0.05) is 15.6 Å². The van der Waals surface area contributed by atoms with E-state index >= 15 is 0 Å². The van der Waals surface area contributed by atoms with Gasteiger partial charge in [0.2, 0.25) is 0 Å². The van der Waals surface area contributed by atoms with E-state index in [1.807, 2.05) is 0 Å². The second-order valence-electron chi connectivity index (χ2n) is 4.07. The van der Waals surface area contributed by atoms with Crippen LogP contribution in [0.5, 0.6) is 5.75 Å². The van der Waals surface area contributed by atoms with Crippen LogP contribution in [0.25, 0.3) is 0 Å². The van der Waals surface area contributed by atoms with Crippen molar-refractivity contribution >= 4 is 50.7 Å². The molecule has 0 aliphatic rings. The van der Waals surface area contributed by atoms with E-state index in [2.05, 4.69) is 15.9 Å². The molecule has 2 aromatic carbocycles. The first-order valence-electron chi connectivity index (χ1n) is 5.55. The number of halogens is 5. The number of alkyl halides is 1. The molecule has 0 spiro atoms. The molecule has 1 atom stereocenters. The third kappa shape index (κ3) is 3.40. The van der Waals surface area contributed by atoms with Crippen LogP contribution in [0.2, 0.25) is 10.0 Å². The van der Waals surface area contributed by atoms with Crippen molar-refractivity contribution in [3.05, 3.63) is 61.8 Å². The van der Waals surface area contributed by atoms with E-state index in [0.717, 1.165) is 0 Å². The van der Waals surface area contributed by atoms with Crippen LogP contribution in [0.4, 0.5) is 4.39 Å². The standard InChI is InChI=1S/C14H9BrCl3FO/c1-20-13-6-11(16)10(5-12(13)17)14(18)7-2-8(15)4-9(19)3-7/h2-6,14H,1H3. The third-order valence-corrected chi connectivity index (χ3v) is 4.29. The number of hydrogen-bond donors (Lipinski definition) is 0. The normalized spacial score (nSPS) is 12.3. The van der Waals surface area contributed by atoms with Crippen LogP contribution in [-0.2, 0) is 0 Å². The first kappa shape index (κ1) is 15.9. The first-order valence-corrected chi connectivity index (χ1v) is 7.54. The highest BCUT2D eigenvalue weighted by Crippen LogP contribution is 2.39. The van der Waals surface area contributed by atoms with Crippen molar-refractivity contribution in [1.82, 2.24) is 0 Å². The predicted molar refractivity (Wildman–Crippen MR) is 84.8 cm³/mol. The quantitative estimate of drug-likeness (QED) is 0.557. The minimum Gasteiger partial charge on any atom is -0.495 e. The molecule has 0 radical (unpaired) electrons. The summed E-state index contributed by atoms with van der Waals surface area (Å²) in [7, 11) is 1.50. The number of rotatable bonds is 3.